The van der Waals surface area contributed by atoms with Crippen molar-refractivity contribution in [3.63, 3.8) is 0 Å². The van der Waals surface area contributed by atoms with Crippen molar-refractivity contribution in [3.05, 3.63) is 29.8 Å². The molecule has 1 aromatic carbocycles. The van der Waals surface area contributed by atoms with E-state index in [0.717, 1.165) is 37.9 Å². The zero-order valence-corrected chi connectivity index (χ0v) is 21.5. The molecule has 1 aliphatic rings. The Kier molecular flexibility index (Phi) is 12.8. The minimum Gasteiger partial charge on any atom is -0.380 e. The summed E-state index contributed by atoms with van der Waals surface area (Å²) >= 11 is 0. The van der Waals surface area contributed by atoms with E-state index in [9.17, 15) is 8.42 Å². The number of hydrogen-bond acceptors (Lipinski definition) is 4. The molecule has 1 aromatic rings. The van der Waals surface area contributed by atoms with E-state index in [-0.39, 0.29) is 24.0 Å². The molecule has 30 heavy (non-hydrogen) atoms. The average Bonchev–Trinajstić information content (AvgIpc) is 2.73. The standard InChI is InChI=1S/C21H36N4O3S.HI/c1-18(2)10-14-28-15-11-23-21(22-3)24-17-19-8-7-9-20(16-19)29(26,27)25-12-5-4-6-13-25;/h7-9,16,18H,4-6,10-15,17H2,1-3H3,(H2,22,23,24);1H. The van der Waals surface area contributed by atoms with Crippen LogP contribution in [0.25, 0.3) is 0 Å². The van der Waals surface area contributed by atoms with Gasteiger partial charge in [-0.3, -0.25) is 4.99 Å². The maximum atomic E-state index is 12.9. The number of sulfonamides is 1. The number of hydrogen-bond donors (Lipinski definition) is 2. The van der Waals surface area contributed by atoms with Crippen LogP contribution in [0.2, 0.25) is 0 Å². The third kappa shape index (κ3) is 9.07. The Morgan fingerprint density at radius 2 is 1.90 bits per heavy atom. The van der Waals surface area contributed by atoms with Crippen molar-refractivity contribution < 1.29 is 13.2 Å². The van der Waals surface area contributed by atoms with Gasteiger partial charge in [-0.15, -0.1) is 24.0 Å². The summed E-state index contributed by atoms with van der Waals surface area (Å²) in [5, 5.41) is 6.44. The van der Waals surface area contributed by atoms with Crippen molar-refractivity contribution in [3.8, 4) is 0 Å². The Hall–Kier alpha value is -0.910. The first-order valence-corrected chi connectivity index (χ1v) is 12.0. The number of benzene rings is 1. The molecular formula is C21H37IN4O3S. The number of guanidine groups is 1. The number of nitrogens with zero attached hydrogens (tertiary/aromatic N) is 2. The Bertz CT molecular complexity index is 750. The van der Waals surface area contributed by atoms with Crippen molar-refractivity contribution in [1.29, 1.82) is 0 Å². The van der Waals surface area contributed by atoms with Crippen molar-refractivity contribution in [2.24, 2.45) is 10.9 Å². The maximum Gasteiger partial charge on any atom is 0.243 e. The summed E-state index contributed by atoms with van der Waals surface area (Å²) in [7, 11) is -1.70. The van der Waals surface area contributed by atoms with E-state index < -0.39 is 10.0 Å². The third-order valence-corrected chi connectivity index (χ3v) is 6.81. The second-order valence-corrected chi connectivity index (χ2v) is 9.70. The van der Waals surface area contributed by atoms with Crippen LogP contribution in [0.15, 0.2) is 34.2 Å². The Morgan fingerprint density at radius 3 is 2.57 bits per heavy atom. The summed E-state index contributed by atoms with van der Waals surface area (Å²) in [6.07, 6.45) is 4.03. The number of piperidine rings is 1. The van der Waals surface area contributed by atoms with Gasteiger partial charge in [0.05, 0.1) is 11.5 Å². The minimum absolute atomic E-state index is 0. The molecule has 0 aliphatic carbocycles. The van der Waals surface area contributed by atoms with Gasteiger partial charge >= 0.3 is 0 Å². The van der Waals surface area contributed by atoms with Gasteiger partial charge in [0.1, 0.15) is 0 Å². The van der Waals surface area contributed by atoms with Gasteiger partial charge in [0.2, 0.25) is 10.0 Å². The van der Waals surface area contributed by atoms with Crippen LogP contribution in [-0.2, 0) is 21.3 Å². The first kappa shape index (κ1) is 27.1. The van der Waals surface area contributed by atoms with Gasteiger partial charge in [-0.2, -0.15) is 4.31 Å². The monoisotopic (exact) mass is 552 g/mol. The fourth-order valence-electron chi connectivity index (χ4n) is 3.14. The van der Waals surface area contributed by atoms with Crippen molar-refractivity contribution in [2.75, 3.05) is 39.9 Å². The molecule has 1 heterocycles. The zero-order valence-electron chi connectivity index (χ0n) is 18.4. The number of rotatable bonds is 10. The molecule has 1 fully saturated rings. The molecule has 1 aliphatic heterocycles. The summed E-state index contributed by atoms with van der Waals surface area (Å²) < 4.78 is 32.9. The highest BCUT2D eigenvalue weighted by Gasteiger charge is 2.25. The van der Waals surface area contributed by atoms with Gasteiger partial charge in [0.25, 0.3) is 0 Å². The summed E-state index contributed by atoms with van der Waals surface area (Å²) in [6.45, 7) is 8.14. The van der Waals surface area contributed by atoms with Gasteiger partial charge in [0, 0.05) is 39.8 Å². The topological polar surface area (TPSA) is 83.0 Å². The predicted octanol–water partition coefficient (Wildman–Crippen LogP) is 3.21. The first-order chi connectivity index (χ1) is 13.9. The largest absolute Gasteiger partial charge is 0.380 e. The molecule has 0 spiro atoms. The molecule has 0 amide bonds. The van der Waals surface area contributed by atoms with E-state index in [1.54, 1.807) is 29.6 Å². The zero-order chi connectivity index (χ0) is 21.1. The summed E-state index contributed by atoms with van der Waals surface area (Å²) in [5.41, 5.74) is 0.902. The molecule has 172 valence electrons. The molecule has 0 bridgehead atoms. The molecule has 2 rings (SSSR count). The van der Waals surface area contributed by atoms with Crippen molar-refractivity contribution >= 4 is 40.0 Å². The molecular weight excluding hydrogens is 515 g/mol. The van der Waals surface area contributed by atoms with E-state index in [1.807, 2.05) is 6.07 Å². The highest BCUT2D eigenvalue weighted by atomic mass is 127. The van der Waals surface area contributed by atoms with Crippen LogP contribution in [0.3, 0.4) is 0 Å². The lowest BCUT2D eigenvalue weighted by atomic mass is 10.1. The third-order valence-electron chi connectivity index (χ3n) is 4.91. The predicted molar refractivity (Wildman–Crippen MR) is 133 cm³/mol. The molecule has 0 radical (unpaired) electrons. The SMILES string of the molecule is CN=C(NCCOCCC(C)C)NCc1cccc(S(=O)(=O)N2CCCCC2)c1.I. The summed E-state index contributed by atoms with van der Waals surface area (Å²) in [5.74, 6) is 1.31. The quantitative estimate of drug-likeness (QED) is 0.202. The van der Waals surface area contributed by atoms with Crippen molar-refractivity contribution in [1.82, 2.24) is 14.9 Å². The van der Waals surface area contributed by atoms with Gasteiger partial charge in [0.15, 0.2) is 5.96 Å². The van der Waals surface area contributed by atoms with E-state index in [4.69, 9.17) is 4.74 Å². The molecule has 9 heteroatoms. The van der Waals surface area contributed by atoms with Crippen LogP contribution in [0.1, 0.15) is 45.1 Å². The van der Waals surface area contributed by atoms with E-state index >= 15 is 0 Å². The van der Waals surface area contributed by atoms with Crippen LogP contribution in [0.4, 0.5) is 0 Å². The lowest BCUT2D eigenvalue weighted by Crippen LogP contribution is -2.38. The average molecular weight is 553 g/mol. The van der Waals surface area contributed by atoms with Crippen molar-refractivity contribution in [2.45, 2.75) is 51.0 Å². The molecule has 7 nitrogen and oxygen atoms in total. The smallest absolute Gasteiger partial charge is 0.243 e. The Balaban J connectivity index is 0.00000450. The van der Waals surface area contributed by atoms with Crippen LogP contribution in [-0.4, -0.2) is 58.6 Å². The molecule has 1 saturated heterocycles. The van der Waals surface area contributed by atoms with E-state index in [0.29, 0.717) is 49.6 Å². The van der Waals surface area contributed by atoms with Gasteiger partial charge in [-0.05, 0) is 42.9 Å². The fraction of sp³-hybridized carbons (Fsp3) is 0.667. The van der Waals surface area contributed by atoms with Crippen LogP contribution < -0.4 is 10.6 Å². The fourth-order valence-corrected chi connectivity index (χ4v) is 4.73. The van der Waals surface area contributed by atoms with Gasteiger partial charge in [-0.25, -0.2) is 8.42 Å². The van der Waals surface area contributed by atoms with Gasteiger partial charge in [-0.1, -0.05) is 32.4 Å². The number of halogens is 1. The number of aliphatic imine (C=N–C) groups is 1. The van der Waals surface area contributed by atoms with Crippen LogP contribution in [0.5, 0.6) is 0 Å². The van der Waals surface area contributed by atoms with Gasteiger partial charge < -0.3 is 15.4 Å². The minimum atomic E-state index is -3.41. The highest BCUT2D eigenvalue weighted by Crippen LogP contribution is 2.21. The lowest BCUT2D eigenvalue weighted by molar-refractivity contribution is 0.128. The summed E-state index contributed by atoms with van der Waals surface area (Å²) in [4.78, 5) is 4.57. The van der Waals surface area contributed by atoms with Crippen LogP contribution in [0, 0.1) is 5.92 Å². The highest BCUT2D eigenvalue weighted by molar-refractivity contribution is 14.0. The molecule has 0 saturated carbocycles. The molecule has 2 N–H and O–H groups in total. The maximum absolute atomic E-state index is 12.9. The van der Waals surface area contributed by atoms with Crippen LogP contribution >= 0.6 is 24.0 Å². The second kappa shape index (κ2) is 14.2. The lowest BCUT2D eigenvalue weighted by Gasteiger charge is -2.26. The van der Waals surface area contributed by atoms with E-state index in [2.05, 4.69) is 29.5 Å². The number of nitrogens with one attached hydrogen (secondary N) is 2. The van der Waals surface area contributed by atoms with E-state index in [1.165, 1.54) is 0 Å². The number of ether oxygens (including phenoxy) is 1. The molecule has 0 aromatic heterocycles. The molecule has 0 unspecified atom stereocenters. The second-order valence-electron chi connectivity index (χ2n) is 7.76. The Labute approximate surface area is 199 Å². The summed E-state index contributed by atoms with van der Waals surface area (Å²) in [6, 6.07) is 7.14. The normalized spacial score (nSPS) is 15.7. The molecule has 0 atom stereocenters. The Morgan fingerprint density at radius 1 is 1.17 bits per heavy atom. The first-order valence-electron chi connectivity index (χ1n) is 10.5.